The Balaban J connectivity index is 0.000000232. The maximum Gasteiger partial charge on any atom is 0.251 e. The molecular formula is C40H42F2N2O9. The lowest BCUT2D eigenvalue weighted by atomic mass is 9.85. The van der Waals surface area contributed by atoms with Gasteiger partial charge in [-0.05, 0) is 126 Å². The van der Waals surface area contributed by atoms with Crippen molar-refractivity contribution in [3.8, 4) is 11.5 Å². The molecular weight excluding hydrogens is 690 g/mol. The van der Waals surface area contributed by atoms with Gasteiger partial charge in [-0.3, -0.25) is 19.2 Å². The maximum absolute atomic E-state index is 13.1. The van der Waals surface area contributed by atoms with Gasteiger partial charge in [0, 0.05) is 33.4 Å². The summed E-state index contributed by atoms with van der Waals surface area (Å²) in [6.45, 7) is 9.76. The van der Waals surface area contributed by atoms with Crippen LogP contribution in [0.2, 0.25) is 0 Å². The molecule has 0 radical (unpaired) electrons. The van der Waals surface area contributed by atoms with Crippen LogP contribution in [0.25, 0.3) is 0 Å². The smallest absolute Gasteiger partial charge is 0.251 e. The van der Waals surface area contributed by atoms with Crippen molar-refractivity contribution in [3.63, 3.8) is 0 Å². The van der Waals surface area contributed by atoms with Gasteiger partial charge in [-0.1, -0.05) is 0 Å². The number of hydrogen-bond acceptors (Lipinski definition) is 8. The number of aliphatic hydroxyl groups excluding tert-OH is 2. The standard InChI is InChI=1S/2C20H20FNO4.H2O/c2*1-11(23)13-6-9-16-15(10-13)17(18(24)20(2,3)26-16)22-19(25)12-4-7-14(21)8-5-12;/h2*4-10,17-18,24H,1-3H3,(H,22,25);1H2/t2*17-,18+;/m00./s1. The fraction of sp³-hybridized carbons (Fsp3) is 0.300. The summed E-state index contributed by atoms with van der Waals surface area (Å²) in [4.78, 5) is 48.5. The van der Waals surface area contributed by atoms with Gasteiger partial charge in [0.1, 0.15) is 46.5 Å². The van der Waals surface area contributed by atoms with E-state index < -0.39 is 58.9 Å². The van der Waals surface area contributed by atoms with E-state index in [-0.39, 0.29) is 28.2 Å². The zero-order chi connectivity index (χ0) is 38.1. The van der Waals surface area contributed by atoms with E-state index in [0.717, 1.165) is 0 Å². The summed E-state index contributed by atoms with van der Waals surface area (Å²) in [5.74, 6) is -1.05. The second-order valence-electron chi connectivity index (χ2n) is 13.8. The first kappa shape index (κ1) is 40.3. The van der Waals surface area contributed by atoms with Crippen molar-refractivity contribution in [3.05, 3.63) is 130 Å². The van der Waals surface area contributed by atoms with Gasteiger partial charge >= 0.3 is 0 Å². The summed E-state index contributed by atoms with van der Waals surface area (Å²) >= 11 is 0. The highest BCUT2D eigenvalue weighted by molar-refractivity contribution is 5.97. The Labute approximate surface area is 305 Å². The number of rotatable bonds is 6. The Morgan fingerprint density at radius 1 is 0.566 bits per heavy atom. The van der Waals surface area contributed by atoms with Crippen LogP contribution in [0.5, 0.6) is 11.5 Å². The number of carbonyl (C=O) groups is 4. The molecule has 53 heavy (non-hydrogen) atoms. The summed E-state index contributed by atoms with van der Waals surface area (Å²) in [6, 6.07) is 18.6. The Kier molecular flexibility index (Phi) is 11.9. The van der Waals surface area contributed by atoms with Crippen LogP contribution in [0.1, 0.15) is 106 Å². The minimum Gasteiger partial charge on any atom is -0.485 e. The largest absolute Gasteiger partial charge is 0.485 e. The number of amides is 2. The van der Waals surface area contributed by atoms with Gasteiger partial charge in [0.05, 0.1) is 12.1 Å². The van der Waals surface area contributed by atoms with Crippen LogP contribution >= 0.6 is 0 Å². The predicted octanol–water partition coefficient (Wildman–Crippen LogP) is 5.24. The number of nitrogens with one attached hydrogen (secondary N) is 2. The van der Waals surface area contributed by atoms with E-state index in [1.807, 2.05) is 0 Å². The first-order valence-electron chi connectivity index (χ1n) is 16.5. The molecule has 0 fully saturated rings. The van der Waals surface area contributed by atoms with Gasteiger partial charge in [-0.25, -0.2) is 8.78 Å². The molecule has 280 valence electrons. The van der Waals surface area contributed by atoms with Crippen LogP contribution in [-0.4, -0.2) is 62.5 Å². The molecule has 0 aromatic heterocycles. The highest BCUT2D eigenvalue weighted by Crippen LogP contribution is 2.42. The summed E-state index contributed by atoms with van der Waals surface area (Å²) in [5.41, 5.74) is 0.636. The van der Waals surface area contributed by atoms with E-state index in [2.05, 4.69) is 10.6 Å². The number of ether oxygens (including phenoxy) is 2. The van der Waals surface area contributed by atoms with Crippen molar-refractivity contribution in [2.75, 3.05) is 0 Å². The molecule has 0 saturated carbocycles. The number of fused-ring (bicyclic) bond motifs is 2. The van der Waals surface area contributed by atoms with Crippen molar-refractivity contribution in [2.24, 2.45) is 0 Å². The third kappa shape index (κ3) is 8.76. The molecule has 2 aliphatic heterocycles. The second kappa shape index (κ2) is 15.6. The fourth-order valence-corrected chi connectivity index (χ4v) is 6.00. The molecule has 0 saturated heterocycles. The van der Waals surface area contributed by atoms with Crippen LogP contribution in [0.3, 0.4) is 0 Å². The summed E-state index contributed by atoms with van der Waals surface area (Å²) in [6.07, 6.45) is -2.08. The number of hydrogen-bond donors (Lipinski definition) is 4. The third-order valence-corrected chi connectivity index (χ3v) is 9.09. The number of Topliss-reactive ketones (excluding diaryl/α,β-unsaturated/α-hetero) is 2. The molecule has 0 bridgehead atoms. The van der Waals surface area contributed by atoms with Crippen molar-refractivity contribution >= 4 is 23.4 Å². The van der Waals surface area contributed by atoms with E-state index in [9.17, 15) is 38.2 Å². The number of carbonyl (C=O) groups excluding carboxylic acids is 4. The predicted molar refractivity (Wildman–Crippen MR) is 191 cm³/mol. The molecule has 13 heteroatoms. The number of ketones is 2. The van der Waals surface area contributed by atoms with Gasteiger partial charge in [-0.2, -0.15) is 0 Å². The van der Waals surface area contributed by atoms with Crippen molar-refractivity contribution in [2.45, 2.75) is 77.0 Å². The van der Waals surface area contributed by atoms with E-state index in [1.54, 1.807) is 64.1 Å². The first-order chi connectivity index (χ1) is 24.4. The lowest BCUT2D eigenvalue weighted by Crippen LogP contribution is -2.53. The Morgan fingerprint density at radius 3 is 1.17 bits per heavy atom. The normalized spacial score (nSPS) is 20.3. The summed E-state index contributed by atoms with van der Waals surface area (Å²) in [5, 5.41) is 27.0. The van der Waals surface area contributed by atoms with Gasteiger partial charge in [0.2, 0.25) is 0 Å². The molecule has 2 heterocycles. The molecule has 0 unspecified atom stereocenters. The molecule has 0 spiro atoms. The molecule has 4 aromatic carbocycles. The van der Waals surface area contributed by atoms with Crippen molar-refractivity contribution in [1.82, 2.24) is 10.6 Å². The van der Waals surface area contributed by atoms with Crippen molar-refractivity contribution < 1.29 is 53.1 Å². The zero-order valence-corrected chi connectivity index (χ0v) is 30.0. The Bertz CT molecular complexity index is 1870. The van der Waals surface area contributed by atoms with Crippen LogP contribution < -0.4 is 20.1 Å². The average Bonchev–Trinajstić information content (AvgIpc) is 3.09. The van der Waals surface area contributed by atoms with Gasteiger partial charge < -0.3 is 35.8 Å². The number of benzene rings is 4. The molecule has 6 N–H and O–H groups in total. The third-order valence-electron chi connectivity index (χ3n) is 9.09. The van der Waals surface area contributed by atoms with Crippen LogP contribution in [0, 0.1) is 11.6 Å². The van der Waals surface area contributed by atoms with Crippen LogP contribution in [-0.2, 0) is 0 Å². The lowest BCUT2D eigenvalue weighted by molar-refractivity contribution is -0.0628. The molecule has 6 rings (SSSR count). The minimum absolute atomic E-state index is 0. The molecule has 4 aromatic rings. The zero-order valence-electron chi connectivity index (χ0n) is 30.0. The van der Waals surface area contributed by atoms with Crippen LogP contribution in [0.15, 0.2) is 84.9 Å². The number of halogens is 2. The van der Waals surface area contributed by atoms with Gasteiger partial charge in [-0.15, -0.1) is 0 Å². The summed E-state index contributed by atoms with van der Waals surface area (Å²) in [7, 11) is 0. The topological polar surface area (TPSA) is 183 Å². The fourth-order valence-electron chi connectivity index (χ4n) is 6.00. The molecule has 0 aliphatic carbocycles. The highest BCUT2D eigenvalue weighted by Gasteiger charge is 2.45. The average molecular weight is 733 g/mol. The quantitative estimate of drug-likeness (QED) is 0.194. The van der Waals surface area contributed by atoms with E-state index in [1.165, 1.54) is 62.4 Å². The van der Waals surface area contributed by atoms with E-state index >= 15 is 0 Å². The Hall–Kier alpha value is -5.50. The minimum atomic E-state index is -1.04. The Morgan fingerprint density at radius 2 is 0.868 bits per heavy atom. The summed E-state index contributed by atoms with van der Waals surface area (Å²) < 4.78 is 37.8. The molecule has 4 atom stereocenters. The molecule has 2 amide bonds. The van der Waals surface area contributed by atoms with E-state index in [4.69, 9.17) is 9.47 Å². The maximum atomic E-state index is 13.1. The highest BCUT2D eigenvalue weighted by atomic mass is 19.1. The molecule has 2 aliphatic rings. The number of aliphatic hydroxyl groups is 2. The van der Waals surface area contributed by atoms with Crippen LogP contribution in [0.4, 0.5) is 8.78 Å². The van der Waals surface area contributed by atoms with E-state index in [0.29, 0.717) is 33.8 Å². The lowest BCUT2D eigenvalue weighted by Gasteiger charge is -2.42. The van der Waals surface area contributed by atoms with Gasteiger partial charge in [0.25, 0.3) is 11.8 Å². The van der Waals surface area contributed by atoms with Gasteiger partial charge in [0.15, 0.2) is 11.6 Å². The van der Waals surface area contributed by atoms with Crippen molar-refractivity contribution in [1.29, 1.82) is 0 Å². The molecule has 11 nitrogen and oxygen atoms in total. The SMILES string of the molecule is CC(=O)c1ccc2c(c1)[C@H](NC(=O)c1ccc(F)cc1)[C@@H](O)C(C)(C)O2.CC(=O)c1ccc2c(c1)[C@H](NC(=O)c1ccc(F)cc1)[C@@H](O)C(C)(C)O2.O. The monoisotopic (exact) mass is 732 g/mol. The second-order valence-corrected chi connectivity index (χ2v) is 13.8. The first-order valence-corrected chi connectivity index (χ1v) is 16.5.